The third-order valence-electron chi connectivity index (χ3n) is 4.33. The molecule has 0 spiro atoms. The van der Waals surface area contributed by atoms with Gasteiger partial charge in [0.2, 0.25) is 0 Å². The van der Waals surface area contributed by atoms with Crippen LogP contribution in [0, 0.1) is 0 Å². The summed E-state index contributed by atoms with van der Waals surface area (Å²) < 4.78 is 50.9. The summed E-state index contributed by atoms with van der Waals surface area (Å²) in [5.74, 6) is -0.753. The predicted octanol–water partition coefficient (Wildman–Crippen LogP) is 2.86. The van der Waals surface area contributed by atoms with Gasteiger partial charge in [-0.1, -0.05) is 42.5 Å². The lowest BCUT2D eigenvalue weighted by atomic mass is 10.1. The molecule has 0 fully saturated rings. The maximum absolute atomic E-state index is 12.6. The first-order valence-corrected chi connectivity index (χ1v) is 11.8. The first-order valence-electron chi connectivity index (χ1n) is 10.4. The average molecular weight is 467 g/mol. The molecule has 2 aromatic rings. The van der Waals surface area contributed by atoms with Gasteiger partial charge in [-0.15, -0.1) is 0 Å². The second kappa shape index (κ2) is 14.7. The lowest BCUT2D eigenvalue weighted by Gasteiger charge is -2.11. The minimum atomic E-state index is -4.10. The van der Waals surface area contributed by atoms with E-state index < -0.39 is 16.1 Å². The third kappa shape index (κ3) is 9.46. The first-order chi connectivity index (χ1) is 15.5. The number of hydrogen-bond donors (Lipinski definition) is 0. The SMILES string of the molecule is COCCOCCOCCOC(=O)c1ccccc1S(=O)(=O)OCCCc1ccccc1. The Labute approximate surface area is 189 Å². The highest BCUT2D eigenvalue weighted by atomic mass is 32.2. The highest BCUT2D eigenvalue weighted by Crippen LogP contribution is 2.19. The van der Waals surface area contributed by atoms with Crippen LogP contribution in [0.25, 0.3) is 0 Å². The van der Waals surface area contributed by atoms with Gasteiger partial charge in [-0.25, -0.2) is 4.79 Å². The number of aryl methyl sites for hydroxylation is 1. The van der Waals surface area contributed by atoms with Crippen LogP contribution in [0.2, 0.25) is 0 Å². The van der Waals surface area contributed by atoms with Crippen LogP contribution < -0.4 is 0 Å². The van der Waals surface area contributed by atoms with Gasteiger partial charge in [-0.2, -0.15) is 8.42 Å². The summed E-state index contributed by atoms with van der Waals surface area (Å²) in [4.78, 5) is 12.2. The molecular weight excluding hydrogens is 436 g/mol. The van der Waals surface area contributed by atoms with E-state index in [0.29, 0.717) is 39.3 Å². The topological polar surface area (TPSA) is 97.4 Å². The van der Waals surface area contributed by atoms with E-state index in [1.165, 1.54) is 18.2 Å². The molecule has 0 aliphatic rings. The van der Waals surface area contributed by atoms with Crippen molar-refractivity contribution in [2.75, 3.05) is 53.4 Å². The molecule has 0 aromatic heterocycles. The normalized spacial score (nSPS) is 11.4. The molecule has 0 heterocycles. The predicted molar refractivity (Wildman–Crippen MR) is 118 cm³/mol. The van der Waals surface area contributed by atoms with E-state index in [1.54, 1.807) is 13.2 Å². The number of ether oxygens (including phenoxy) is 4. The molecule has 0 aliphatic carbocycles. The molecule has 2 aromatic carbocycles. The van der Waals surface area contributed by atoms with Crippen molar-refractivity contribution in [3.8, 4) is 0 Å². The van der Waals surface area contributed by atoms with Crippen molar-refractivity contribution in [3.63, 3.8) is 0 Å². The van der Waals surface area contributed by atoms with Crippen molar-refractivity contribution < 1.29 is 36.3 Å². The zero-order valence-corrected chi connectivity index (χ0v) is 19.1. The molecule has 176 valence electrons. The Kier molecular flexibility index (Phi) is 11.9. The van der Waals surface area contributed by atoms with Gasteiger partial charge in [0.05, 0.1) is 45.2 Å². The van der Waals surface area contributed by atoms with Gasteiger partial charge in [-0.3, -0.25) is 4.18 Å². The zero-order valence-electron chi connectivity index (χ0n) is 18.2. The maximum Gasteiger partial charge on any atom is 0.339 e. The monoisotopic (exact) mass is 466 g/mol. The second-order valence-corrected chi connectivity index (χ2v) is 8.30. The van der Waals surface area contributed by atoms with E-state index in [1.807, 2.05) is 30.3 Å². The fourth-order valence-electron chi connectivity index (χ4n) is 2.74. The highest BCUT2D eigenvalue weighted by molar-refractivity contribution is 7.86. The first kappa shape index (κ1) is 26.0. The van der Waals surface area contributed by atoms with Gasteiger partial charge in [-0.05, 0) is 30.5 Å². The van der Waals surface area contributed by atoms with Crippen molar-refractivity contribution in [1.29, 1.82) is 0 Å². The van der Waals surface area contributed by atoms with Crippen LogP contribution in [-0.2, 0) is 39.7 Å². The lowest BCUT2D eigenvalue weighted by Crippen LogP contribution is -2.17. The molecule has 0 saturated carbocycles. The van der Waals surface area contributed by atoms with Gasteiger partial charge in [0, 0.05) is 7.11 Å². The summed E-state index contributed by atoms with van der Waals surface area (Å²) in [6.07, 6.45) is 1.22. The molecule has 0 amide bonds. The maximum atomic E-state index is 12.6. The molecule has 8 nitrogen and oxygen atoms in total. The third-order valence-corrected chi connectivity index (χ3v) is 5.70. The van der Waals surface area contributed by atoms with Crippen LogP contribution in [-0.4, -0.2) is 67.7 Å². The molecule has 32 heavy (non-hydrogen) atoms. The summed E-state index contributed by atoms with van der Waals surface area (Å²) in [5, 5.41) is 0. The van der Waals surface area contributed by atoms with Crippen molar-refractivity contribution in [3.05, 3.63) is 65.7 Å². The van der Waals surface area contributed by atoms with Crippen molar-refractivity contribution in [2.24, 2.45) is 0 Å². The minimum Gasteiger partial charge on any atom is -0.460 e. The largest absolute Gasteiger partial charge is 0.460 e. The van der Waals surface area contributed by atoms with Crippen LogP contribution in [0.3, 0.4) is 0 Å². The second-order valence-electron chi connectivity index (χ2n) is 6.71. The Balaban J connectivity index is 1.77. The van der Waals surface area contributed by atoms with Gasteiger partial charge >= 0.3 is 5.97 Å². The smallest absolute Gasteiger partial charge is 0.339 e. The van der Waals surface area contributed by atoms with Crippen LogP contribution in [0.15, 0.2) is 59.5 Å². The number of methoxy groups -OCH3 is 1. The molecule has 0 N–H and O–H groups in total. The molecule has 0 radical (unpaired) electrons. The highest BCUT2D eigenvalue weighted by Gasteiger charge is 2.23. The Morgan fingerprint density at radius 1 is 0.781 bits per heavy atom. The fraction of sp³-hybridized carbons (Fsp3) is 0.435. The van der Waals surface area contributed by atoms with Crippen molar-refractivity contribution >= 4 is 16.1 Å². The number of hydrogen-bond acceptors (Lipinski definition) is 8. The summed E-state index contributed by atoms with van der Waals surface area (Å²) in [5.41, 5.74) is 1.03. The molecule has 0 aliphatic heterocycles. The van der Waals surface area contributed by atoms with E-state index in [-0.39, 0.29) is 30.3 Å². The average Bonchev–Trinajstić information content (AvgIpc) is 2.81. The number of carbonyl (C=O) groups excluding carboxylic acids is 1. The van der Waals surface area contributed by atoms with Crippen molar-refractivity contribution in [1.82, 2.24) is 0 Å². The van der Waals surface area contributed by atoms with Crippen LogP contribution in [0.1, 0.15) is 22.3 Å². The quantitative estimate of drug-likeness (QED) is 0.212. The molecule has 0 unspecified atom stereocenters. The summed E-state index contributed by atoms with van der Waals surface area (Å²) in [7, 11) is -2.51. The molecular formula is C23H30O8S. The Morgan fingerprint density at radius 2 is 1.41 bits per heavy atom. The van der Waals surface area contributed by atoms with E-state index in [4.69, 9.17) is 23.1 Å². The number of esters is 1. The van der Waals surface area contributed by atoms with Gasteiger partial charge in [0.1, 0.15) is 11.5 Å². The molecule has 0 saturated heterocycles. The summed E-state index contributed by atoms with van der Waals surface area (Å²) in [6, 6.07) is 15.5. The van der Waals surface area contributed by atoms with E-state index >= 15 is 0 Å². The van der Waals surface area contributed by atoms with Gasteiger partial charge < -0.3 is 18.9 Å². The fourth-order valence-corrected chi connectivity index (χ4v) is 3.87. The van der Waals surface area contributed by atoms with E-state index in [9.17, 15) is 13.2 Å². The molecule has 2 rings (SSSR count). The minimum absolute atomic E-state index is 0.0107. The van der Waals surface area contributed by atoms with Gasteiger partial charge in [0.25, 0.3) is 10.1 Å². The number of benzene rings is 2. The Hall–Kier alpha value is -2.30. The zero-order chi connectivity index (χ0) is 23.1. The lowest BCUT2D eigenvalue weighted by molar-refractivity contribution is 0.00555. The molecule has 9 heteroatoms. The van der Waals surface area contributed by atoms with Crippen molar-refractivity contribution in [2.45, 2.75) is 17.7 Å². The molecule has 0 atom stereocenters. The number of rotatable bonds is 16. The van der Waals surface area contributed by atoms with Gasteiger partial charge in [0.15, 0.2) is 0 Å². The Bertz CT molecular complexity index is 899. The van der Waals surface area contributed by atoms with Crippen LogP contribution >= 0.6 is 0 Å². The summed E-state index contributed by atoms with van der Waals surface area (Å²) in [6.45, 7) is 1.92. The molecule has 0 bridgehead atoms. The van der Waals surface area contributed by atoms with Crippen LogP contribution in [0.4, 0.5) is 0 Å². The van der Waals surface area contributed by atoms with E-state index in [2.05, 4.69) is 0 Å². The van der Waals surface area contributed by atoms with E-state index in [0.717, 1.165) is 5.56 Å². The van der Waals surface area contributed by atoms with Crippen LogP contribution in [0.5, 0.6) is 0 Å². The summed E-state index contributed by atoms with van der Waals surface area (Å²) >= 11 is 0. The standard InChI is InChI=1S/C23H30O8S/c1-27-14-15-28-16-17-29-18-19-30-23(24)21-11-5-6-12-22(21)32(25,26)31-13-7-10-20-8-3-2-4-9-20/h2-6,8-9,11-12H,7,10,13-19H2,1H3. The number of carbonyl (C=O) groups is 1. The Morgan fingerprint density at radius 3 is 2.12 bits per heavy atom.